The monoisotopic (exact) mass is 1010 g/mol. The van der Waals surface area contributed by atoms with Gasteiger partial charge in [-0.15, -0.1) is 0 Å². The van der Waals surface area contributed by atoms with Crippen LogP contribution >= 0.6 is 0 Å². The molecule has 0 N–H and O–H groups in total. The summed E-state index contributed by atoms with van der Waals surface area (Å²) in [5, 5.41) is 8.87. The molecule has 0 amide bonds. The van der Waals surface area contributed by atoms with Crippen molar-refractivity contribution in [1.29, 1.82) is 0 Å². The molecule has 0 spiro atoms. The zero-order valence-corrected chi connectivity index (χ0v) is 42.0. The van der Waals surface area contributed by atoms with E-state index in [9.17, 15) is 0 Å². The molecule has 19 rings (SSSR count). The molecular formula is C70H37B3O6. The molecule has 6 aliphatic heterocycles. The van der Waals surface area contributed by atoms with Crippen LogP contribution in [0.4, 0.5) is 0 Å². The van der Waals surface area contributed by atoms with E-state index >= 15 is 0 Å². The molecule has 0 bridgehead atoms. The number of hydrogen-bond acceptors (Lipinski definition) is 6. The molecule has 6 nitrogen and oxygen atoms in total. The van der Waals surface area contributed by atoms with Crippen molar-refractivity contribution in [2.45, 2.75) is 0 Å². The van der Waals surface area contributed by atoms with Crippen molar-refractivity contribution in [2.24, 2.45) is 0 Å². The predicted octanol–water partition coefficient (Wildman–Crippen LogP) is 11.8. The van der Waals surface area contributed by atoms with Gasteiger partial charge in [-0.3, -0.25) is 0 Å². The first-order valence-corrected chi connectivity index (χ1v) is 27.0. The van der Waals surface area contributed by atoms with E-state index in [0.29, 0.717) is 0 Å². The Balaban J connectivity index is 0.790. The van der Waals surface area contributed by atoms with Crippen LogP contribution in [0.15, 0.2) is 224 Å². The number of fused-ring (bicyclic) bond motifs is 20. The standard InChI is InChI=1S/C70H37B3O6/c1-3-14-44-38(12-1)26-30-58-64(44)73-65-45-28-24-40(32-41(45)27-31-59(65)77-57-23-11-22-56(76-58)66(57)73)42-33-62-68-63(34-42)79-70-48-17-6-5-16-47(48)49(37-53(70)72(68)52-29-25-39-13-2-4-15-46(39)69(52)78-62)43-35-60-67-61(36-43)75-55-21-10-8-19-51(55)71(67)50-18-7-9-20-54(50)74-60/h1-37H. The lowest BCUT2D eigenvalue weighted by Gasteiger charge is -2.35. The minimum absolute atomic E-state index is 0.0152. The minimum atomic E-state index is -0.208. The fraction of sp³-hybridized carbons (Fsp3) is 0. The molecule has 362 valence electrons. The second kappa shape index (κ2) is 15.3. The molecule has 0 aromatic heterocycles. The van der Waals surface area contributed by atoms with E-state index in [4.69, 9.17) is 28.4 Å². The molecule has 0 aliphatic carbocycles. The topological polar surface area (TPSA) is 55.4 Å². The van der Waals surface area contributed by atoms with Crippen LogP contribution in [0.5, 0.6) is 69.0 Å². The Bertz CT molecular complexity index is 4870. The molecule has 0 unspecified atom stereocenters. The van der Waals surface area contributed by atoms with Crippen LogP contribution in [0.3, 0.4) is 0 Å². The SMILES string of the molecule is c1ccc2c(c1)Oc1cc(-c3cc4c(c5ccccc35)Oc3cc(-c5ccc6c7c(ccc6c5)Oc5cccc6c5B7c5c(ccc7ccccc57)O6)cc5c3B4c3ccc4ccccc4c3O5)cc3c1B2c1ccccc1O3. The van der Waals surface area contributed by atoms with Crippen LogP contribution in [0.1, 0.15) is 0 Å². The molecule has 13 aromatic carbocycles. The molecule has 6 heterocycles. The third-order valence-corrected chi connectivity index (χ3v) is 17.6. The van der Waals surface area contributed by atoms with Gasteiger partial charge >= 0.3 is 0 Å². The second-order valence-electron chi connectivity index (χ2n) is 21.6. The van der Waals surface area contributed by atoms with Crippen LogP contribution in [0, 0.1) is 0 Å². The molecule has 0 atom stereocenters. The van der Waals surface area contributed by atoms with Crippen molar-refractivity contribution in [1.82, 2.24) is 0 Å². The van der Waals surface area contributed by atoms with Gasteiger partial charge in [0.2, 0.25) is 0 Å². The number of rotatable bonds is 2. The van der Waals surface area contributed by atoms with Crippen molar-refractivity contribution in [2.75, 3.05) is 0 Å². The zero-order valence-electron chi connectivity index (χ0n) is 42.0. The minimum Gasteiger partial charge on any atom is -0.458 e. The van der Waals surface area contributed by atoms with E-state index in [0.717, 1.165) is 173 Å². The normalized spacial score (nSPS) is 13.8. The number of hydrogen-bond donors (Lipinski definition) is 0. The first-order chi connectivity index (χ1) is 39.1. The first-order valence-electron chi connectivity index (χ1n) is 27.0. The van der Waals surface area contributed by atoms with Crippen molar-refractivity contribution in [3.05, 3.63) is 224 Å². The molecule has 79 heavy (non-hydrogen) atoms. The maximum absolute atomic E-state index is 7.38. The lowest BCUT2D eigenvalue weighted by atomic mass is 9.34. The molecule has 13 aromatic rings. The maximum Gasteiger partial charge on any atom is 0.262 e. The summed E-state index contributed by atoms with van der Waals surface area (Å²) in [6, 6.07) is 79.7. The highest BCUT2D eigenvalue weighted by atomic mass is 16.5. The third kappa shape index (κ3) is 5.73. The predicted molar refractivity (Wildman–Crippen MR) is 320 cm³/mol. The first kappa shape index (κ1) is 42.1. The summed E-state index contributed by atoms with van der Waals surface area (Å²) in [5.74, 6) is 9.96. The van der Waals surface area contributed by atoms with Gasteiger partial charge in [0.1, 0.15) is 69.0 Å². The van der Waals surface area contributed by atoms with Gasteiger partial charge in [-0.1, -0.05) is 158 Å². The van der Waals surface area contributed by atoms with Gasteiger partial charge in [0.05, 0.1) is 0 Å². The average molecular weight is 1010 g/mol. The average Bonchev–Trinajstić information content (AvgIpc) is 3.48. The second-order valence-corrected chi connectivity index (χ2v) is 21.6. The largest absolute Gasteiger partial charge is 0.458 e. The highest BCUT2D eigenvalue weighted by molar-refractivity contribution is 7.01. The van der Waals surface area contributed by atoms with Crippen molar-refractivity contribution < 1.29 is 28.4 Å². The summed E-state index contributed by atoms with van der Waals surface area (Å²) in [5.41, 5.74) is 14.0. The van der Waals surface area contributed by atoms with E-state index in [-0.39, 0.29) is 20.1 Å². The fourth-order valence-electron chi connectivity index (χ4n) is 14.2. The summed E-state index contributed by atoms with van der Waals surface area (Å²) < 4.78 is 41.8. The smallest absolute Gasteiger partial charge is 0.262 e. The zero-order chi connectivity index (χ0) is 51.2. The Labute approximate surface area is 454 Å². The van der Waals surface area contributed by atoms with Crippen molar-refractivity contribution in [3.63, 3.8) is 0 Å². The van der Waals surface area contributed by atoms with Gasteiger partial charge in [0.15, 0.2) is 0 Å². The molecule has 0 fully saturated rings. The Morgan fingerprint density at radius 2 is 0.684 bits per heavy atom. The quantitative estimate of drug-likeness (QED) is 0.161. The van der Waals surface area contributed by atoms with Gasteiger partial charge in [-0.05, 0) is 154 Å². The lowest BCUT2D eigenvalue weighted by molar-refractivity contribution is 0.464. The molecule has 6 aliphatic rings. The van der Waals surface area contributed by atoms with Gasteiger partial charge in [0.25, 0.3) is 20.1 Å². The lowest BCUT2D eigenvalue weighted by Crippen LogP contribution is -2.57. The van der Waals surface area contributed by atoms with E-state index in [2.05, 4.69) is 206 Å². The molecule has 9 heteroatoms. The number of benzene rings is 13. The molecular weight excluding hydrogens is 969 g/mol. The molecule has 0 radical (unpaired) electrons. The van der Waals surface area contributed by atoms with Gasteiger partial charge in [-0.2, -0.15) is 0 Å². The van der Waals surface area contributed by atoms with Gasteiger partial charge < -0.3 is 28.4 Å². The van der Waals surface area contributed by atoms with E-state index in [1.807, 2.05) is 18.2 Å². The van der Waals surface area contributed by atoms with Crippen LogP contribution in [0.2, 0.25) is 0 Å². The van der Waals surface area contributed by atoms with Crippen molar-refractivity contribution >= 4 is 112 Å². The van der Waals surface area contributed by atoms with Crippen LogP contribution in [0.25, 0.3) is 65.3 Å². The number of ether oxygens (including phenoxy) is 6. The van der Waals surface area contributed by atoms with Crippen LogP contribution in [-0.2, 0) is 0 Å². The summed E-state index contributed by atoms with van der Waals surface area (Å²) in [4.78, 5) is 0. The molecule has 0 saturated carbocycles. The van der Waals surface area contributed by atoms with E-state index < -0.39 is 0 Å². The Morgan fingerprint density at radius 1 is 0.215 bits per heavy atom. The van der Waals surface area contributed by atoms with Gasteiger partial charge in [0, 0.05) is 27.2 Å². The van der Waals surface area contributed by atoms with E-state index in [1.165, 1.54) is 10.8 Å². The van der Waals surface area contributed by atoms with E-state index in [1.54, 1.807) is 0 Å². The highest BCUT2D eigenvalue weighted by Crippen LogP contribution is 2.47. The third-order valence-electron chi connectivity index (χ3n) is 17.6. The van der Waals surface area contributed by atoms with Gasteiger partial charge in [-0.25, -0.2) is 0 Å². The van der Waals surface area contributed by atoms with Crippen molar-refractivity contribution in [3.8, 4) is 91.2 Å². The highest BCUT2D eigenvalue weighted by Gasteiger charge is 2.45. The summed E-state index contributed by atoms with van der Waals surface area (Å²) in [6.07, 6.45) is 0. The summed E-state index contributed by atoms with van der Waals surface area (Å²) in [7, 11) is 0. The maximum atomic E-state index is 7.38. The fourth-order valence-corrected chi connectivity index (χ4v) is 14.2. The Kier molecular flexibility index (Phi) is 8.15. The van der Waals surface area contributed by atoms with Crippen LogP contribution in [-0.4, -0.2) is 20.1 Å². The summed E-state index contributed by atoms with van der Waals surface area (Å²) >= 11 is 0. The number of para-hydroxylation sites is 2. The Hall–Kier alpha value is -10.1. The Morgan fingerprint density at radius 3 is 1.38 bits per heavy atom. The summed E-state index contributed by atoms with van der Waals surface area (Å²) in [6.45, 7) is -0.320. The molecule has 0 saturated heterocycles. The van der Waals surface area contributed by atoms with Crippen LogP contribution < -0.4 is 77.6 Å².